The van der Waals surface area contributed by atoms with E-state index in [0.29, 0.717) is 19.3 Å². The Morgan fingerprint density at radius 1 is 0.253 bits per heavy atom. The number of hydrogen-bond donors (Lipinski definition) is 0. The molecule has 470 valence electrons. The second-order valence-corrected chi connectivity index (χ2v) is 22.3. The van der Waals surface area contributed by atoms with Gasteiger partial charge < -0.3 is 14.2 Å². The molecule has 1 atom stereocenters. The fraction of sp³-hybridized carbons (Fsp3) is 0.649. The van der Waals surface area contributed by atoms with E-state index in [9.17, 15) is 14.4 Å². The van der Waals surface area contributed by atoms with E-state index in [1.54, 1.807) is 0 Å². The summed E-state index contributed by atoms with van der Waals surface area (Å²) >= 11 is 0. The maximum atomic E-state index is 13.0. The molecule has 0 radical (unpaired) electrons. The normalized spacial score (nSPS) is 13.0. The van der Waals surface area contributed by atoms with E-state index >= 15 is 0 Å². The van der Waals surface area contributed by atoms with Gasteiger partial charge in [0.25, 0.3) is 0 Å². The zero-order valence-corrected chi connectivity index (χ0v) is 53.9. The van der Waals surface area contributed by atoms with E-state index in [0.717, 1.165) is 122 Å². The molecule has 0 saturated heterocycles. The summed E-state index contributed by atoms with van der Waals surface area (Å²) in [5.74, 6) is -0.983. The molecule has 6 nitrogen and oxygen atoms in total. The number of carbonyl (C=O) groups excluding carboxylic acids is 3. The third-order valence-electron chi connectivity index (χ3n) is 14.3. The van der Waals surface area contributed by atoms with Crippen LogP contribution in [0.15, 0.2) is 146 Å². The summed E-state index contributed by atoms with van der Waals surface area (Å²) in [5, 5.41) is 0. The van der Waals surface area contributed by atoms with E-state index in [-0.39, 0.29) is 37.5 Å². The minimum atomic E-state index is -0.820. The first-order valence-corrected chi connectivity index (χ1v) is 34.3. The fourth-order valence-corrected chi connectivity index (χ4v) is 9.18. The van der Waals surface area contributed by atoms with Gasteiger partial charge in [-0.05, 0) is 141 Å². The second kappa shape index (κ2) is 69.8. The molecule has 0 rings (SSSR count). The van der Waals surface area contributed by atoms with Gasteiger partial charge in [-0.1, -0.05) is 289 Å². The van der Waals surface area contributed by atoms with Crippen LogP contribution in [0.4, 0.5) is 0 Å². The third-order valence-corrected chi connectivity index (χ3v) is 14.3. The number of allylic oxidation sites excluding steroid dienone is 24. The van der Waals surface area contributed by atoms with Gasteiger partial charge >= 0.3 is 17.9 Å². The third kappa shape index (κ3) is 68.0. The molecule has 0 amide bonds. The van der Waals surface area contributed by atoms with E-state index in [1.165, 1.54) is 135 Å². The van der Waals surface area contributed by atoms with E-state index in [1.807, 2.05) is 0 Å². The Hall–Kier alpha value is -4.71. The highest BCUT2D eigenvalue weighted by Gasteiger charge is 2.19. The summed E-state index contributed by atoms with van der Waals surface area (Å²) in [6.45, 7) is 6.46. The standard InChI is InChI=1S/C77H126O6/c1-4-7-10-13-16-19-22-25-28-31-34-37-38-41-43-46-49-52-55-58-61-64-67-70-76(79)82-73-74(83-77(80)71-68-65-62-59-56-53-50-47-44-40-36-33-30-27-24-21-18-15-12-9-6-3)72-81-75(78)69-66-63-60-57-54-51-48-45-42-39-35-32-29-26-23-20-17-14-11-8-5-2/h7,10,16,19,23-28,32-37,41,43-44,47,49,52,58,61,74H,4-6,8-9,11-15,17-18,20-22,29-31,38-40,42,45-46,48,50-51,53-57,59-60,62-73H2,1-3H3/b10-7-,19-16-,26-23-,27-24-,28-25-,35-32-,36-33-,37-34-,43-41-,47-44-,52-49-,61-58-. The molecular weight excluding hydrogens is 1020 g/mol. The van der Waals surface area contributed by atoms with E-state index in [4.69, 9.17) is 14.2 Å². The van der Waals surface area contributed by atoms with Crippen LogP contribution in [0.1, 0.15) is 303 Å². The molecule has 0 aromatic heterocycles. The Bertz CT molecular complexity index is 1800. The van der Waals surface area contributed by atoms with Crippen LogP contribution < -0.4 is 0 Å². The summed E-state index contributed by atoms with van der Waals surface area (Å²) in [6, 6.07) is 0. The fourth-order valence-electron chi connectivity index (χ4n) is 9.18. The Labute approximate surface area is 512 Å². The summed E-state index contributed by atoms with van der Waals surface area (Å²) < 4.78 is 16.9. The maximum Gasteiger partial charge on any atom is 0.306 e. The van der Waals surface area contributed by atoms with Gasteiger partial charge in [0.15, 0.2) is 6.10 Å². The van der Waals surface area contributed by atoms with Crippen LogP contribution in [-0.4, -0.2) is 37.2 Å². The number of esters is 3. The Kier molecular flexibility index (Phi) is 65.8. The first kappa shape index (κ1) is 78.3. The predicted molar refractivity (Wildman–Crippen MR) is 362 cm³/mol. The SMILES string of the molecule is CC/C=C\C/C=C\C/C=C\C/C=C\C/C=C\C/C=C\C/C=C\CCCC(=O)OCC(COC(=O)CCCCCCCCCCC/C=C\C/C=C\CCCCCCC)OC(=O)CCCCCCCC/C=C\C/C=C\C/C=C\CCCCCCC. The highest BCUT2D eigenvalue weighted by molar-refractivity contribution is 5.71. The molecule has 0 aliphatic carbocycles. The Balaban J connectivity index is 4.54. The summed E-state index contributed by atoms with van der Waals surface area (Å²) in [5.41, 5.74) is 0. The van der Waals surface area contributed by atoms with Crippen LogP contribution in [0.25, 0.3) is 0 Å². The van der Waals surface area contributed by atoms with Gasteiger partial charge in [-0.2, -0.15) is 0 Å². The van der Waals surface area contributed by atoms with E-state index in [2.05, 4.69) is 167 Å². The lowest BCUT2D eigenvalue weighted by molar-refractivity contribution is -0.167. The van der Waals surface area contributed by atoms with Crippen molar-refractivity contribution in [2.75, 3.05) is 13.2 Å². The van der Waals surface area contributed by atoms with Crippen molar-refractivity contribution in [1.29, 1.82) is 0 Å². The van der Waals surface area contributed by atoms with Crippen molar-refractivity contribution in [2.45, 2.75) is 309 Å². The highest BCUT2D eigenvalue weighted by Crippen LogP contribution is 2.15. The van der Waals surface area contributed by atoms with Gasteiger partial charge in [-0.25, -0.2) is 0 Å². The summed E-state index contributed by atoms with van der Waals surface area (Å²) in [6.07, 6.45) is 100.0. The molecule has 1 unspecified atom stereocenters. The van der Waals surface area contributed by atoms with Crippen LogP contribution in [0.5, 0.6) is 0 Å². The predicted octanol–water partition coefficient (Wildman–Crippen LogP) is 23.9. The Morgan fingerprint density at radius 3 is 0.783 bits per heavy atom. The van der Waals surface area contributed by atoms with Crippen LogP contribution in [0.3, 0.4) is 0 Å². The van der Waals surface area contributed by atoms with Crippen molar-refractivity contribution in [2.24, 2.45) is 0 Å². The van der Waals surface area contributed by atoms with Gasteiger partial charge in [-0.15, -0.1) is 0 Å². The first-order valence-electron chi connectivity index (χ1n) is 34.3. The lowest BCUT2D eigenvalue weighted by atomic mass is 10.1. The molecule has 0 heterocycles. The minimum absolute atomic E-state index is 0.108. The Morgan fingerprint density at radius 2 is 0.482 bits per heavy atom. The van der Waals surface area contributed by atoms with Gasteiger partial charge in [0.05, 0.1) is 0 Å². The van der Waals surface area contributed by atoms with Crippen molar-refractivity contribution in [3.8, 4) is 0 Å². The largest absolute Gasteiger partial charge is 0.462 e. The smallest absolute Gasteiger partial charge is 0.306 e. The lowest BCUT2D eigenvalue weighted by Gasteiger charge is -2.18. The molecule has 0 N–H and O–H groups in total. The average molecular weight is 1150 g/mol. The number of carbonyl (C=O) groups is 3. The molecular formula is C77H126O6. The number of rotatable bonds is 61. The average Bonchev–Trinajstić information content (AvgIpc) is 3.49. The van der Waals surface area contributed by atoms with Gasteiger partial charge in [0, 0.05) is 19.3 Å². The molecule has 0 aromatic rings. The summed E-state index contributed by atoms with van der Waals surface area (Å²) in [7, 11) is 0. The molecule has 83 heavy (non-hydrogen) atoms. The van der Waals surface area contributed by atoms with Crippen molar-refractivity contribution >= 4 is 17.9 Å². The monoisotopic (exact) mass is 1150 g/mol. The minimum Gasteiger partial charge on any atom is -0.462 e. The molecule has 0 spiro atoms. The molecule has 6 heteroatoms. The van der Waals surface area contributed by atoms with Crippen molar-refractivity contribution in [3.63, 3.8) is 0 Å². The van der Waals surface area contributed by atoms with Crippen molar-refractivity contribution in [3.05, 3.63) is 146 Å². The zero-order valence-electron chi connectivity index (χ0n) is 53.9. The van der Waals surface area contributed by atoms with Gasteiger partial charge in [-0.3, -0.25) is 14.4 Å². The molecule has 0 bridgehead atoms. The first-order chi connectivity index (χ1) is 41.0. The second-order valence-electron chi connectivity index (χ2n) is 22.3. The molecule has 0 fully saturated rings. The van der Waals surface area contributed by atoms with Crippen LogP contribution >= 0.6 is 0 Å². The summed E-state index contributed by atoms with van der Waals surface area (Å²) in [4.78, 5) is 38.4. The van der Waals surface area contributed by atoms with Crippen molar-refractivity contribution in [1.82, 2.24) is 0 Å². The molecule has 0 aliphatic rings. The van der Waals surface area contributed by atoms with Crippen LogP contribution in [0.2, 0.25) is 0 Å². The number of unbranched alkanes of at least 4 members (excludes halogenated alkanes) is 26. The van der Waals surface area contributed by atoms with E-state index < -0.39 is 6.10 Å². The van der Waals surface area contributed by atoms with Gasteiger partial charge in [0.1, 0.15) is 13.2 Å². The van der Waals surface area contributed by atoms with Crippen LogP contribution in [0, 0.1) is 0 Å². The molecule has 0 aromatic carbocycles. The highest BCUT2D eigenvalue weighted by atomic mass is 16.6. The molecule has 0 aliphatic heterocycles. The van der Waals surface area contributed by atoms with Crippen molar-refractivity contribution < 1.29 is 28.6 Å². The van der Waals surface area contributed by atoms with Crippen LogP contribution in [-0.2, 0) is 28.6 Å². The maximum absolute atomic E-state index is 13.0. The number of ether oxygens (including phenoxy) is 3. The zero-order chi connectivity index (χ0) is 59.9. The topological polar surface area (TPSA) is 78.9 Å². The quantitative estimate of drug-likeness (QED) is 0.0261. The van der Waals surface area contributed by atoms with Gasteiger partial charge in [0.2, 0.25) is 0 Å². The molecule has 0 saturated carbocycles. The number of hydrogen-bond acceptors (Lipinski definition) is 6. The lowest BCUT2D eigenvalue weighted by Crippen LogP contribution is -2.30.